The van der Waals surface area contributed by atoms with Crippen LogP contribution in [-0.4, -0.2) is 51.7 Å². The van der Waals surface area contributed by atoms with E-state index in [2.05, 4.69) is 25.8 Å². The zero-order valence-electron chi connectivity index (χ0n) is 15.0. The van der Waals surface area contributed by atoms with Crippen molar-refractivity contribution in [2.45, 2.75) is 26.7 Å². The van der Waals surface area contributed by atoms with Crippen molar-refractivity contribution in [3.05, 3.63) is 17.8 Å². The standard InChI is InChI=1S/C17H24N6O2S/c1-11(2)15(24)19-8-12-4-3-6-23(10-12)17(25)21-13-9-20-22-14(13)16-18-5-7-26-16/h5,7,9,11-12H,3-4,6,8,10H2,1-2H3,(H,19,24)(H,20,22)(H,21,25). The maximum atomic E-state index is 12.6. The van der Waals surface area contributed by atoms with Gasteiger partial charge in [0.25, 0.3) is 0 Å². The van der Waals surface area contributed by atoms with E-state index >= 15 is 0 Å². The molecule has 0 aliphatic carbocycles. The monoisotopic (exact) mass is 376 g/mol. The third-order valence-electron chi connectivity index (χ3n) is 4.42. The van der Waals surface area contributed by atoms with Crippen molar-refractivity contribution in [2.75, 3.05) is 25.0 Å². The van der Waals surface area contributed by atoms with Gasteiger partial charge in [0.2, 0.25) is 5.91 Å². The van der Waals surface area contributed by atoms with Gasteiger partial charge in [-0.3, -0.25) is 9.89 Å². The fraction of sp³-hybridized carbons (Fsp3) is 0.529. The molecule has 3 N–H and O–H groups in total. The van der Waals surface area contributed by atoms with Crippen LogP contribution in [0.15, 0.2) is 17.8 Å². The van der Waals surface area contributed by atoms with E-state index in [1.807, 2.05) is 19.2 Å². The second-order valence-electron chi connectivity index (χ2n) is 6.78. The van der Waals surface area contributed by atoms with Gasteiger partial charge in [-0.25, -0.2) is 9.78 Å². The van der Waals surface area contributed by atoms with Gasteiger partial charge in [0.15, 0.2) is 0 Å². The SMILES string of the molecule is CC(C)C(=O)NCC1CCCN(C(=O)Nc2cn[nH]c2-c2nccs2)C1. The Morgan fingerprint density at radius 1 is 1.46 bits per heavy atom. The Labute approximate surface area is 156 Å². The van der Waals surface area contributed by atoms with Crippen LogP contribution >= 0.6 is 11.3 Å². The summed E-state index contributed by atoms with van der Waals surface area (Å²) in [5, 5.41) is 15.5. The van der Waals surface area contributed by atoms with Gasteiger partial charge >= 0.3 is 6.03 Å². The van der Waals surface area contributed by atoms with Gasteiger partial charge in [0.1, 0.15) is 10.7 Å². The third kappa shape index (κ3) is 4.40. The number of rotatable bonds is 5. The second-order valence-corrected chi connectivity index (χ2v) is 7.67. The van der Waals surface area contributed by atoms with E-state index < -0.39 is 0 Å². The van der Waals surface area contributed by atoms with Gasteiger partial charge in [-0.2, -0.15) is 5.10 Å². The van der Waals surface area contributed by atoms with Crippen LogP contribution in [0, 0.1) is 11.8 Å². The summed E-state index contributed by atoms with van der Waals surface area (Å²) in [5.74, 6) is 0.307. The third-order valence-corrected chi connectivity index (χ3v) is 5.21. The molecular weight excluding hydrogens is 352 g/mol. The van der Waals surface area contributed by atoms with Crippen molar-refractivity contribution in [1.29, 1.82) is 0 Å². The first-order chi connectivity index (χ1) is 12.5. The van der Waals surface area contributed by atoms with E-state index in [9.17, 15) is 9.59 Å². The molecule has 2 aromatic heterocycles. The highest BCUT2D eigenvalue weighted by atomic mass is 32.1. The summed E-state index contributed by atoms with van der Waals surface area (Å²) >= 11 is 1.48. The maximum absolute atomic E-state index is 12.6. The summed E-state index contributed by atoms with van der Waals surface area (Å²) in [4.78, 5) is 30.4. The average Bonchev–Trinajstić information content (AvgIpc) is 3.31. The van der Waals surface area contributed by atoms with Gasteiger partial charge in [-0.05, 0) is 18.8 Å². The van der Waals surface area contributed by atoms with E-state index in [4.69, 9.17) is 0 Å². The highest BCUT2D eigenvalue weighted by Crippen LogP contribution is 2.27. The highest BCUT2D eigenvalue weighted by molar-refractivity contribution is 7.13. The van der Waals surface area contributed by atoms with Crippen LogP contribution in [0.2, 0.25) is 0 Å². The van der Waals surface area contributed by atoms with Crippen LogP contribution in [-0.2, 0) is 4.79 Å². The maximum Gasteiger partial charge on any atom is 0.321 e. The number of aromatic amines is 1. The number of likely N-dealkylation sites (tertiary alicyclic amines) is 1. The molecule has 1 saturated heterocycles. The fourth-order valence-corrected chi connectivity index (χ4v) is 3.60. The number of amides is 3. The van der Waals surface area contributed by atoms with Gasteiger partial charge < -0.3 is 15.5 Å². The number of piperidine rings is 1. The van der Waals surface area contributed by atoms with Crippen LogP contribution in [0.4, 0.5) is 10.5 Å². The molecule has 2 aromatic rings. The summed E-state index contributed by atoms with van der Waals surface area (Å²) < 4.78 is 0. The quantitative estimate of drug-likeness (QED) is 0.746. The number of thiazole rings is 1. The minimum absolute atomic E-state index is 0.0247. The van der Waals surface area contributed by atoms with E-state index in [0.717, 1.165) is 17.8 Å². The molecule has 0 saturated carbocycles. The lowest BCUT2D eigenvalue weighted by atomic mass is 9.98. The topological polar surface area (TPSA) is 103 Å². The van der Waals surface area contributed by atoms with Gasteiger partial charge in [-0.15, -0.1) is 11.3 Å². The largest absolute Gasteiger partial charge is 0.356 e. The molecule has 0 radical (unpaired) electrons. The summed E-state index contributed by atoms with van der Waals surface area (Å²) in [6.07, 6.45) is 5.25. The number of urea groups is 1. The zero-order chi connectivity index (χ0) is 18.5. The number of nitrogens with one attached hydrogen (secondary N) is 3. The summed E-state index contributed by atoms with van der Waals surface area (Å²) in [6.45, 7) is 5.71. The predicted molar refractivity (Wildman–Crippen MR) is 101 cm³/mol. The van der Waals surface area contributed by atoms with E-state index in [1.165, 1.54) is 11.3 Å². The summed E-state index contributed by atoms with van der Waals surface area (Å²) in [7, 11) is 0. The van der Waals surface area contributed by atoms with Crippen LogP contribution in [0.5, 0.6) is 0 Å². The lowest BCUT2D eigenvalue weighted by molar-refractivity contribution is -0.124. The number of nitrogens with zero attached hydrogens (tertiary/aromatic N) is 3. The van der Waals surface area contributed by atoms with E-state index in [1.54, 1.807) is 17.3 Å². The van der Waals surface area contributed by atoms with Crippen LogP contribution in [0.3, 0.4) is 0 Å². The highest BCUT2D eigenvalue weighted by Gasteiger charge is 2.25. The van der Waals surface area contributed by atoms with E-state index in [0.29, 0.717) is 31.0 Å². The number of hydrogen-bond acceptors (Lipinski definition) is 5. The molecule has 140 valence electrons. The van der Waals surface area contributed by atoms with Crippen molar-refractivity contribution >= 4 is 29.0 Å². The Balaban J connectivity index is 1.57. The molecule has 0 aromatic carbocycles. The molecule has 1 unspecified atom stereocenters. The number of hydrogen-bond donors (Lipinski definition) is 3. The van der Waals surface area contributed by atoms with Crippen molar-refractivity contribution in [3.63, 3.8) is 0 Å². The average molecular weight is 376 g/mol. The second kappa shape index (κ2) is 8.31. The van der Waals surface area contributed by atoms with Crippen LogP contribution < -0.4 is 10.6 Å². The molecular formula is C17H24N6O2S. The molecule has 1 fully saturated rings. The molecule has 1 aliphatic heterocycles. The number of H-pyrrole nitrogens is 1. The number of carbonyl (C=O) groups is 2. The molecule has 3 rings (SSSR count). The summed E-state index contributed by atoms with van der Waals surface area (Å²) in [5.41, 5.74) is 1.34. The molecule has 3 heterocycles. The molecule has 0 spiro atoms. The minimum Gasteiger partial charge on any atom is -0.356 e. The van der Waals surface area contributed by atoms with Crippen molar-refractivity contribution < 1.29 is 9.59 Å². The Hall–Kier alpha value is -2.42. The Kier molecular flexibility index (Phi) is 5.87. The van der Waals surface area contributed by atoms with Crippen molar-refractivity contribution in [3.8, 4) is 10.7 Å². The first-order valence-corrected chi connectivity index (χ1v) is 9.69. The van der Waals surface area contributed by atoms with Crippen molar-refractivity contribution in [2.24, 2.45) is 11.8 Å². The van der Waals surface area contributed by atoms with Gasteiger partial charge in [0, 0.05) is 37.1 Å². The van der Waals surface area contributed by atoms with Gasteiger partial charge in [-0.1, -0.05) is 13.8 Å². The minimum atomic E-state index is -0.149. The van der Waals surface area contributed by atoms with Gasteiger partial charge in [0.05, 0.1) is 11.9 Å². The van der Waals surface area contributed by atoms with Crippen molar-refractivity contribution in [1.82, 2.24) is 25.4 Å². The Bertz CT molecular complexity index is 742. The molecule has 3 amide bonds. The number of carbonyl (C=O) groups excluding carboxylic acids is 2. The zero-order valence-corrected chi connectivity index (χ0v) is 15.8. The first kappa shape index (κ1) is 18.4. The smallest absolute Gasteiger partial charge is 0.321 e. The lowest BCUT2D eigenvalue weighted by Crippen LogP contribution is -2.45. The Morgan fingerprint density at radius 3 is 3.04 bits per heavy atom. The summed E-state index contributed by atoms with van der Waals surface area (Å²) in [6, 6.07) is -0.149. The molecule has 1 aliphatic rings. The predicted octanol–water partition coefficient (Wildman–Crippen LogP) is 2.55. The molecule has 26 heavy (non-hydrogen) atoms. The lowest BCUT2D eigenvalue weighted by Gasteiger charge is -2.33. The van der Waals surface area contributed by atoms with E-state index in [-0.39, 0.29) is 23.8 Å². The number of anilines is 1. The molecule has 9 heteroatoms. The fourth-order valence-electron chi connectivity index (χ4n) is 2.95. The van der Waals surface area contributed by atoms with Crippen LogP contribution in [0.1, 0.15) is 26.7 Å². The molecule has 8 nitrogen and oxygen atoms in total. The molecule has 0 bridgehead atoms. The number of aromatic nitrogens is 3. The Morgan fingerprint density at radius 2 is 2.31 bits per heavy atom. The first-order valence-electron chi connectivity index (χ1n) is 8.81. The molecule has 1 atom stereocenters. The van der Waals surface area contributed by atoms with Crippen LogP contribution in [0.25, 0.3) is 10.7 Å². The normalized spacial score (nSPS) is 17.3.